The van der Waals surface area contributed by atoms with Crippen LogP contribution in [0.4, 0.5) is 0 Å². The first-order valence-electron chi connectivity index (χ1n) is 9.00. The van der Waals surface area contributed by atoms with E-state index in [1.165, 1.54) is 0 Å². The molecular weight excluding hydrogens is 385 g/mol. The summed E-state index contributed by atoms with van der Waals surface area (Å²) in [6, 6.07) is 5.15. The minimum absolute atomic E-state index is 0.0790. The number of hydrogen-bond donors (Lipinski definition) is 1. The second-order valence-electron chi connectivity index (χ2n) is 7.74. The highest BCUT2D eigenvalue weighted by atomic mass is 35.5. The van der Waals surface area contributed by atoms with Gasteiger partial charge in [-0.25, -0.2) is 4.79 Å². The van der Waals surface area contributed by atoms with E-state index in [-0.39, 0.29) is 17.8 Å². The number of carbonyl (C=O) groups excluding carboxylic acids is 2. The lowest BCUT2D eigenvalue weighted by molar-refractivity contribution is -0.139. The number of hydrogen-bond acceptors (Lipinski definition) is 4. The van der Waals surface area contributed by atoms with Crippen molar-refractivity contribution in [3.63, 3.8) is 0 Å². The second-order valence-corrected chi connectivity index (χ2v) is 8.58. The van der Waals surface area contributed by atoms with E-state index in [1.54, 1.807) is 25.1 Å². The van der Waals surface area contributed by atoms with Crippen LogP contribution in [-0.4, -0.2) is 18.4 Å². The third-order valence-electron chi connectivity index (χ3n) is 5.03. The first kappa shape index (κ1) is 20.0. The lowest BCUT2D eigenvalue weighted by Gasteiger charge is -2.41. The highest BCUT2D eigenvalue weighted by molar-refractivity contribution is 6.35. The molecule has 1 heterocycles. The van der Waals surface area contributed by atoms with Crippen molar-refractivity contribution in [1.82, 2.24) is 5.32 Å². The summed E-state index contributed by atoms with van der Waals surface area (Å²) in [5.41, 5.74) is 2.40. The number of esters is 1. The topological polar surface area (TPSA) is 55.4 Å². The quantitative estimate of drug-likeness (QED) is 0.714. The van der Waals surface area contributed by atoms with Gasteiger partial charge in [0.05, 0.1) is 18.1 Å². The fraction of sp³-hybridized carbons (Fsp3) is 0.429. The van der Waals surface area contributed by atoms with E-state index < -0.39 is 17.8 Å². The van der Waals surface area contributed by atoms with Crippen LogP contribution in [0.2, 0.25) is 10.0 Å². The summed E-state index contributed by atoms with van der Waals surface area (Å²) in [6.07, 6.45) is 2.49. The van der Waals surface area contributed by atoms with Crippen LogP contribution in [0.25, 0.3) is 0 Å². The van der Waals surface area contributed by atoms with Gasteiger partial charge < -0.3 is 10.1 Å². The van der Waals surface area contributed by atoms with Crippen LogP contribution in [-0.2, 0) is 14.3 Å². The Morgan fingerprint density at radius 3 is 2.63 bits per heavy atom. The maximum Gasteiger partial charge on any atom is 0.336 e. The van der Waals surface area contributed by atoms with E-state index in [9.17, 15) is 9.59 Å². The molecule has 0 aromatic heterocycles. The molecule has 0 saturated heterocycles. The molecule has 0 bridgehead atoms. The van der Waals surface area contributed by atoms with Crippen molar-refractivity contribution in [1.29, 1.82) is 0 Å². The van der Waals surface area contributed by atoms with Crippen molar-refractivity contribution in [2.45, 2.75) is 40.0 Å². The molecular formula is C21H23Cl2NO3. The van der Waals surface area contributed by atoms with E-state index in [0.29, 0.717) is 33.3 Å². The normalized spacial score (nSPS) is 24.1. The van der Waals surface area contributed by atoms with Gasteiger partial charge in [-0.2, -0.15) is 0 Å². The van der Waals surface area contributed by atoms with E-state index in [0.717, 1.165) is 5.70 Å². The van der Waals surface area contributed by atoms with Gasteiger partial charge in [0.15, 0.2) is 0 Å². The van der Waals surface area contributed by atoms with Crippen molar-refractivity contribution < 1.29 is 14.3 Å². The molecule has 1 aliphatic carbocycles. The number of ketones is 1. The molecule has 0 amide bonds. The van der Waals surface area contributed by atoms with Gasteiger partial charge in [0.2, 0.25) is 0 Å². The van der Waals surface area contributed by atoms with Crippen LogP contribution in [0, 0.1) is 11.3 Å². The zero-order valence-electron chi connectivity index (χ0n) is 15.9. The SMILES string of the molecule is CCOC(=O)C1=C(C)NC2=CC(C)(C)CC(=O)C2C1c1ccc(Cl)cc1Cl. The van der Waals surface area contributed by atoms with Crippen molar-refractivity contribution in [2.75, 3.05) is 6.61 Å². The molecule has 1 aliphatic heterocycles. The number of rotatable bonds is 3. The average Bonchev–Trinajstić information content (AvgIpc) is 2.52. The lowest BCUT2D eigenvalue weighted by Crippen LogP contribution is -2.43. The van der Waals surface area contributed by atoms with Gasteiger partial charge in [-0.05, 0) is 37.0 Å². The maximum absolute atomic E-state index is 13.1. The van der Waals surface area contributed by atoms with Crippen LogP contribution in [0.1, 0.15) is 45.6 Å². The number of fused-ring (bicyclic) bond motifs is 1. The molecule has 0 spiro atoms. The van der Waals surface area contributed by atoms with Crippen molar-refractivity contribution in [3.8, 4) is 0 Å². The molecule has 144 valence electrons. The van der Waals surface area contributed by atoms with E-state index in [4.69, 9.17) is 27.9 Å². The van der Waals surface area contributed by atoms with Crippen molar-refractivity contribution >= 4 is 35.0 Å². The molecule has 2 unspecified atom stereocenters. The predicted octanol–water partition coefficient (Wildman–Crippen LogP) is 5.02. The van der Waals surface area contributed by atoms with Gasteiger partial charge in [-0.15, -0.1) is 0 Å². The highest BCUT2D eigenvalue weighted by Crippen LogP contribution is 2.48. The van der Waals surface area contributed by atoms with Crippen LogP contribution < -0.4 is 5.32 Å². The molecule has 0 radical (unpaired) electrons. The third-order valence-corrected chi connectivity index (χ3v) is 5.59. The summed E-state index contributed by atoms with van der Waals surface area (Å²) < 4.78 is 5.29. The summed E-state index contributed by atoms with van der Waals surface area (Å²) in [5, 5.41) is 4.21. The van der Waals surface area contributed by atoms with Crippen molar-refractivity contribution in [2.24, 2.45) is 11.3 Å². The average molecular weight is 408 g/mol. The number of nitrogens with one attached hydrogen (secondary N) is 1. The lowest BCUT2D eigenvalue weighted by atomic mass is 9.66. The Kier molecular flexibility index (Phi) is 5.42. The number of allylic oxidation sites excluding steroid dienone is 3. The summed E-state index contributed by atoms with van der Waals surface area (Å²) in [5.74, 6) is -1.37. The number of Topliss-reactive ketones (excluding diaryl/α,β-unsaturated/α-hetero) is 1. The van der Waals surface area contributed by atoms with E-state index in [1.807, 2.05) is 20.8 Å². The molecule has 4 nitrogen and oxygen atoms in total. The van der Waals surface area contributed by atoms with Gasteiger partial charge in [0, 0.05) is 33.8 Å². The Morgan fingerprint density at radius 1 is 1.30 bits per heavy atom. The molecule has 0 fully saturated rings. The molecule has 3 rings (SSSR count). The molecule has 1 aromatic rings. The molecule has 6 heteroatoms. The molecule has 1 N–H and O–H groups in total. The molecule has 2 aliphatic rings. The van der Waals surface area contributed by atoms with Gasteiger partial charge in [0.25, 0.3) is 0 Å². The number of carbonyl (C=O) groups is 2. The first-order chi connectivity index (χ1) is 12.6. The Balaban J connectivity index is 2.23. The predicted molar refractivity (Wildman–Crippen MR) is 107 cm³/mol. The smallest absolute Gasteiger partial charge is 0.336 e. The Hall–Kier alpha value is -1.78. The Morgan fingerprint density at radius 2 is 2.00 bits per heavy atom. The summed E-state index contributed by atoms with van der Waals surface area (Å²) in [6.45, 7) is 7.89. The van der Waals surface area contributed by atoms with Crippen molar-refractivity contribution in [3.05, 3.63) is 56.9 Å². The Bertz CT molecular complexity index is 870. The monoisotopic (exact) mass is 407 g/mol. The number of benzene rings is 1. The molecule has 2 atom stereocenters. The number of ether oxygens (including phenoxy) is 1. The summed E-state index contributed by atoms with van der Waals surface area (Å²) in [4.78, 5) is 25.9. The minimum atomic E-state index is -0.509. The highest BCUT2D eigenvalue weighted by Gasteiger charge is 2.46. The fourth-order valence-corrected chi connectivity index (χ4v) is 4.56. The van der Waals surface area contributed by atoms with Gasteiger partial charge >= 0.3 is 5.97 Å². The second kappa shape index (κ2) is 7.33. The third kappa shape index (κ3) is 3.78. The van der Waals surface area contributed by atoms with E-state index in [2.05, 4.69) is 11.4 Å². The maximum atomic E-state index is 13.1. The van der Waals surface area contributed by atoms with Crippen LogP contribution in [0.15, 0.2) is 41.2 Å². The standard InChI is InChI=1S/C21H23Cl2NO3/c1-5-27-20(26)17-11(2)24-15-9-21(3,4)10-16(25)19(15)18(17)13-7-6-12(22)8-14(13)23/h6-9,18-19,24H,5,10H2,1-4H3. The van der Waals surface area contributed by atoms with Gasteiger partial charge in [-0.3, -0.25) is 4.79 Å². The summed E-state index contributed by atoms with van der Waals surface area (Å²) >= 11 is 12.5. The fourth-order valence-electron chi connectivity index (χ4n) is 4.03. The first-order valence-corrected chi connectivity index (χ1v) is 9.75. The minimum Gasteiger partial charge on any atom is -0.463 e. The molecule has 1 aromatic carbocycles. The molecule has 27 heavy (non-hydrogen) atoms. The van der Waals surface area contributed by atoms with Crippen LogP contribution in [0.5, 0.6) is 0 Å². The summed E-state index contributed by atoms with van der Waals surface area (Å²) in [7, 11) is 0. The van der Waals surface area contributed by atoms with Gasteiger partial charge in [-0.1, -0.05) is 49.2 Å². The van der Waals surface area contributed by atoms with Gasteiger partial charge in [0.1, 0.15) is 5.78 Å². The largest absolute Gasteiger partial charge is 0.463 e. The molecule has 0 saturated carbocycles. The zero-order valence-corrected chi connectivity index (χ0v) is 17.4. The Labute approximate surface area is 169 Å². The van der Waals surface area contributed by atoms with Crippen LogP contribution in [0.3, 0.4) is 0 Å². The van der Waals surface area contributed by atoms with E-state index >= 15 is 0 Å². The van der Waals surface area contributed by atoms with Crippen LogP contribution >= 0.6 is 23.2 Å². The zero-order chi connectivity index (χ0) is 19.9. The number of halogens is 2.